The van der Waals surface area contributed by atoms with E-state index in [0.717, 1.165) is 16.5 Å². The van der Waals surface area contributed by atoms with Crippen molar-refractivity contribution in [1.82, 2.24) is 20.2 Å². The van der Waals surface area contributed by atoms with Gasteiger partial charge in [-0.25, -0.2) is 4.98 Å². The topological polar surface area (TPSA) is 83.6 Å². The van der Waals surface area contributed by atoms with Crippen LogP contribution in [0.5, 0.6) is 0 Å². The number of nitrogens with zero attached hydrogens (tertiary/aromatic N) is 3. The Labute approximate surface area is 125 Å². The normalized spacial score (nSPS) is 10.8. The zero-order valence-corrected chi connectivity index (χ0v) is 12.2. The Morgan fingerprint density at radius 3 is 2.90 bits per heavy atom. The molecule has 21 heavy (non-hydrogen) atoms. The molecule has 0 spiro atoms. The van der Waals surface area contributed by atoms with E-state index in [1.807, 2.05) is 13.0 Å². The predicted octanol–water partition coefficient (Wildman–Crippen LogP) is 2.88. The summed E-state index contributed by atoms with van der Waals surface area (Å²) in [6.07, 6.45) is 1.70. The molecule has 0 fully saturated rings. The first-order valence-electron chi connectivity index (χ1n) is 6.30. The highest BCUT2D eigenvalue weighted by Crippen LogP contribution is 2.32. The fraction of sp³-hybridized carbons (Fsp3) is 0.143. The Balaban J connectivity index is 2.06. The number of hydrogen-bond acceptors (Lipinski definition) is 4. The number of aryl methyl sites for hydroxylation is 2. The van der Waals surface area contributed by atoms with E-state index in [9.17, 15) is 4.79 Å². The van der Waals surface area contributed by atoms with Crippen molar-refractivity contribution in [2.75, 3.05) is 5.32 Å². The summed E-state index contributed by atoms with van der Waals surface area (Å²) in [4.78, 5) is 20.5. The number of H-pyrrole nitrogens is 1. The second-order valence-electron chi connectivity index (χ2n) is 4.65. The molecule has 0 atom stereocenters. The lowest BCUT2D eigenvalue weighted by Crippen LogP contribution is -2.14. The molecule has 0 unspecified atom stereocenters. The van der Waals surface area contributed by atoms with Crippen LogP contribution in [0.1, 0.15) is 22.0 Å². The van der Waals surface area contributed by atoms with Crippen molar-refractivity contribution >= 4 is 34.1 Å². The maximum Gasteiger partial charge on any atom is 0.295 e. The summed E-state index contributed by atoms with van der Waals surface area (Å²) in [7, 11) is 0. The lowest BCUT2D eigenvalue weighted by Gasteiger charge is -2.11. The Kier molecular flexibility index (Phi) is 3.31. The Hall–Kier alpha value is -2.47. The number of carbonyl (C=O) groups excluding carboxylic acids is 1. The van der Waals surface area contributed by atoms with Crippen LogP contribution in [0, 0.1) is 13.8 Å². The van der Waals surface area contributed by atoms with E-state index in [-0.39, 0.29) is 5.82 Å². The van der Waals surface area contributed by atoms with Crippen molar-refractivity contribution in [1.29, 1.82) is 0 Å². The molecular formula is C14H12ClN5O. The zero-order chi connectivity index (χ0) is 15.0. The number of halogens is 1. The number of rotatable bonds is 2. The SMILES string of the molecule is Cc1nc(C(=O)Nc2c(Cl)cc(C)c3ncccc23)n[nH]1. The first kappa shape index (κ1) is 13.5. The van der Waals surface area contributed by atoms with Crippen LogP contribution in [0.15, 0.2) is 24.4 Å². The van der Waals surface area contributed by atoms with Gasteiger partial charge in [0.05, 0.1) is 16.2 Å². The average molecular weight is 302 g/mol. The van der Waals surface area contributed by atoms with E-state index in [1.165, 1.54) is 0 Å². The zero-order valence-electron chi connectivity index (χ0n) is 11.4. The minimum Gasteiger partial charge on any atom is -0.317 e. The number of aromatic amines is 1. The molecule has 3 rings (SSSR count). The molecule has 2 N–H and O–H groups in total. The van der Waals surface area contributed by atoms with Crippen molar-refractivity contribution in [3.05, 3.63) is 46.6 Å². The van der Waals surface area contributed by atoms with E-state index in [1.54, 1.807) is 25.3 Å². The summed E-state index contributed by atoms with van der Waals surface area (Å²) in [5, 5.41) is 10.4. The molecule has 0 aliphatic carbocycles. The van der Waals surface area contributed by atoms with Gasteiger partial charge in [-0.3, -0.25) is 14.9 Å². The van der Waals surface area contributed by atoms with Gasteiger partial charge in [-0.15, -0.1) is 5.10 Å². The number of amides is 1. The van der Waals surface area contributed by atoms with Crippen molar-refractivity contribution < 1.29 is 4.79 Å². The van der Waals surface area contributed by atoms with Gasteiger partial charge in [-0.2, -0.15) is 0 Å². The third-order valence-electron chi connectivity index (χ3n) is 3.07. The number of hydrogen-bond donors (Lipinski definition) is 2. The van der Waals surface area contributed by atoms with Gasteiger partial charge >= 0.3 is 0 Å². The van der Waals surface area contributed by atoms with Crippen LogP contribution < -0.4 is 5.32 Å². The van der Waals surface area contributed by atoms with Gasteiger partial charge in [-0.1, -0.05) is 11.6 Å². The molecule has 0 aliphatic heterocycles. The molecule has 3 aromatic rings. The number of anilines is 1. The van der Waals surface area contributed by atoms with Crippen molar-refractivity contribution in [2.24, 2.45) is 0 Å². The fourth-order valence-electron chi connectivity index (χ4n) is 2.12. The second-order valence-corrected chi connectivity index (χ2v) is 5.06. The van der Waals surface area contributed by atoms with E-state index in [4.69, 9.17) is 11.6 Å². The van der Waals surface area contributed by atoms with Gasteiger partial charge in [0.25, 0.3) is 5.91 Å². The lowest BCUT2D eigenvalue weighted by molar-refractivity contribution is 0.101. The molecule has 6 nitrogen and oxygen atoms in total. The minimum atomic E-state index is -0.421. The van der Waals surface area contributed by atoms with Crippen LogP contribution in [0.25, 0.3) is 10.9 Å². The Bertz CT molecular complexity index is 842. The smallest absolute Gasteiger partial charge is 0.295 e. The maximum absolute atomic E-state index is 12.2. The number of pyridine rings is 1. The molecule has 0 bridgehead atoms. The number of carbonyl (C=O) groups is 1. The minimum absolute atomic E-state index is 0.0705. The second kappa shape index (κ2) is 5.14. The van der Waals surface area contributed by atoms with Crippen LogP contribution in [-0.2, 0) is 0 Å². The molecule has 0 saturated carbocycles. The summed E-state index contributed by atoms with van der Waals surface area (Å²) in [5.74, 6) is 0.220. The quantitative estimate of drug-likeness (QED) is 0.762. The standard InChI is InChI=1S/C14H12ClN5O/c1-7-6-10(15)12(9-4-3-5-16-11(7)9)18-14(21)13-17-8(2)19-20-13/h3-6H,1-2H3,(H,18,21)(H,17,19,20). The van der Waals surface area contributed by atoms with Gasteiger partial charge < -0.3 is 5.32 Å². The molecule has 106 valence electrons. The molecule has 1 aromatic carbocycles. The van der Waals surface area contributed by atoms with E-state index in [0.29, 0.717) is 16.5 Å². The van der Waals surface area contributed by atoms with Gasteiger partial charge in [0.15, 0.2) is 0 Å². The largest absolute Gasteiger partial charge is 0.317 e. The van der Waals surface area contributed by atoms with Crippen LogP contribution >= 0.6 is 11.6 Å². The third kappa shape index (κ3) is 2.45. The summed E-state index contributed by atoms with van der Waals surface area (Å²) in [5.41, 5.74) is 2.25. The van der Waals surface area contributed by atoms with E-state index < -0.39 is 5.91 Å². The monoisotopic (exact) mass is 301 g/mol. The number of nitrogens with one attached hydrogen (secondary N) is 2. The molecule has 7 heteroatoms. The molecule has 2 aromatic heterocycles. The van der Waals surface area contributed by atoms with Crippen LogP contribution in [0.2, 0.25) is 5.02 Å². The Morgan fingerprint density at radius 2 is 2.19 bits per heavy atom. The van der Waals surface area contributed by atoms with E-state index >= 15 is 0 Å². The molecule has 0 radical (unpaired) electrons. The van der Waals surface area contributed by atoms with Crippen molar-refractivity contribution in [2.45, 2.75) is 13.8 Å². The fourth-order valence-corrected chi connectivity index (χ4v) is 2.43. The number of aromatic nitrogens is 4. The first-order valence-corrected chi connectivity index (χ1v) is 6.68. The summed E-state index contributed by atoms with van der Waals surface area (Å²) in [6.45, 7) is 3.65. The molecule has 0 saturated heterocycles. The van der Waals surface area contributed by atoms with Crippen LogP contribution in [0.3, 0.4) is 0 Å². The van der Waals surface area contributed by atoms with Crippen molar-refractivity contribution in [3.8, 4) is 0 Å². The molecule has 1 amide bonds. The van der Waals surface area contributed by atoms with Gasteiger partial charge in [0.1, 0.15) is 5.82 Å². The molecule has 2 heterocycles. The number of fused-ring (bicyclic) bond motifs is 1. The third-order valence-corrected chi connectivity index (χ3v) is 3.37. The summed E-state index contributed by atoms with van der Waals surface area (Å²) >= 11 is 6.25. The number of benzene rings is 1. The highest BCUT2D eigenvalue weighted by Gasteiger charge is 2.16. The average Bonchev–Trinajstić information content (AvgIpc) is 2.90. The summed E-state index contributed by atoms with van der Waals surface area (Å²) < 4.78 is 0. The van der Waals surface area contributed by atoms with Crippen molar-refractivity contribution in [3.63, 3.8) is 0 Å². The van der Waals surface area contributed by atoms with Crippen LogP contribution in [0.4, 0.5) is 5.69 Å². The van der Waals surface area contributed by atoms with E-state index in [2.05, 4.69) is 25.5 Å². The predicted molar refractivity (Wildman–Crippen MR) is 80.6 cm³/mol. The highest BCUT2D eigenvalue weighted by molar-refractivity contribution is 6.36. The highest BCUT2D eigenvalue weighted by atomic mass is 35.5. The van der Waals surface area contributed by atoms with Gasteiger partial charge in [0, 0.05) is 11.6 Å². The molecular weight excluding hydrogens is 290 g/mol. The molecule has 0 aliphatic rings. The first-order chi connectivity index (χ1) is 10.1. The lowest BCUT2D eigenvalue weighted by atomic mass is 10.1. The van der Waals surface area contributed by atoms with Gasteiger partial charge in [0.2, 0.25) is 5.82 Å². The maximum atomic E-state index is 12.2. The van der Waals surface area contributed by atoms with Crippen LogP contribution in [-0.4, -0.2) is 26.1 Å². The van der Waals surface area contributed by atoms with Gasteiger partial charge in [-0.05, 0) is 37.6 Å². The summed E-state index contributed by atoms with van der Waals surface area (Å²) in [6, 6.07) is 5.43. The Morgan fingerprint density at radius 1 is 1.38 bits per heavy atom.